The van der Waals surface area contributed by atoms with Crippen LogP contribution in [0.15, 0.2) is 41.3 Å². The summed E-state index contributed by atoms with van der Waals surface area (Å²) >= 11 is 0. The molecule has 0 radical (unpaired) electrons. The number of benzene rings is 2. The number of hydrogen-bond donors (Lipinski definition) is 0. The number of hydrogen-bond acceptors (Lipinski definition) is 3. The Kier molecular flexibility index (Phi) is 4.79. The van der Waals surface area contributed by atoms with Gasteiger partial charge in [0.15, 0.2) is 0 Å². The van der Waals surface area contributed by atoms with E-state index < -0.39 is 26.6 Å². The average molecular weight is 366 g/mol. The van der Waals surface area contributed by atoms with Crippen LogP contribution in [0.25, 0.3) is 0 Å². The highest BCUT2D eigenvalue weighted by atomic mass is 32.2. The predicted molar refractivity (Wildman–Crippen MR) is 93.2 cm³/mol. The van der Waals surface area contributed by atoms with Crippen molar-refractivity contribution in [2.24, 2.45) is 0 Å². The maximum Gasteiger partial charge on any atom is 0.246 e. The van der Waals surface area contributed by atoms with Gasteiger partial charge in [-0.25, -0.2) is 17.2 Å². The SMILES string of the molecule is Cc1cccc(N2CCN(S(=O)(=O)c3ccc(F)cc3F)CC2)c1C. The van der Waals surface area contributed by atoms with Crippen LogP contribution in [0, 0.1) is 25.5 Å². The van der Waals surface area contributed by atoms with E-state index in [9.17, 15) is 17.2 Å². The first-order valence-electron chi connectivity index (χ1n) is 8.07. The summed E-state index contributed by atoms with van der Waals surface area (Å²) in [6, 6.07) is 8.58. The summed E-state index contributed by atoms with van der Waals surface area (Å²) in [7, 11) is -3.97. The van der Waals surface area contributed by atoms with Crippen LogP contribution in [0.3, 0.4) is 0 Å². The Balaban J connectivity index is 1.78. The van der Waals surface area contributed by atoms with Gasteiger partial charge in [-0.2, -0.15) is 4.31 Å². The first-order valence-corrected chi connectivity index (χ1v) is 9.51. The number of anilines is 1. The molecule has 2 aromatic carbocycles. The molecule has 0 atom stereocenters. The quantitative estimate of drug-likeness (QED) is 0.838. The minimum atomic E-state index is -3.97. The summed E-state index contributed by atoms with van der Waals surface area (Å²) in [5, 5.41) is 0. The van der Waals surface area contributed by atoms with Gasteiger partial charge in [0.1, 0.15) is 16.5 Å². The van der Waals surface area contributed by atoms with Crippen molar-refractivity contribution in [3.05, 3.63) is 59.2 Å². The highest BCUT2D eigenvalue weighted by molar-refractivity contribution is 7.89. The third-order valence-corrected chi connectivity index (χ3v) is 6.60. The predicted octanol–water partition coefficient (Wildman–Crippen LogP) is 3.09. The summed E-state index contributed by atoms with van der Waals surface area (Å²) in [6.07, 6.45) is 0. The Bertz CT molecular complexity index is 892. The topological polar surface area (TPSA) is 40.6 Å². The van der Waals surface area contributed by atoms with Crippen LogP contribution in [0.2, 0.25) is 0 Å². The van der Waals surface area contributed by atoms with Crippen molar-refractivity contribution in [3.63, 3.8) is 0 Å². The monoisotopic (exact) mass is 366 g/mol. The van der Waals surface area contributed by atoms with Crippen LogP contribution < -0.4 is 4.90 Å². The van der Waals surface area contributed by atoms with Gasteiger partial charge >= 0.3 is 0 Å². The molecule has 0 spiro atoms. The molecule has 0 bridgehead atoms. The first kappa shape index (κ1) is 17.8. The Hall–Kier alpha value is -1.99. The van der Waals surface area contributed by atoms with Crippen LogP contribution in [-0.4, -0.2) is 38.9 Å². The second kappa shape index (κ2) is 6.72. The average Bonchev–Trinajstić information content (AvgIpc) is 2.57. The lowest BCUT2D eigenvalue weighted by Gasteiger charge is -2.36. The Morgan fingerprint density at radius 1 is 0.960 bits per heavy atom. The molecule has 0 amide bonds. The largest absolute Gasteiger partial charge is 0.369 e. The zero-order chi connectivity index (χ0) is 18.2. The normalized spacial score (nSPS) is 16.2. The van der Waals surface area contributed by atoms with Crippen molar-refractivity contribution < 1.29 is 17.2 Å². The summed E-state index contributed by atoms with van der Waals surface area (Å²) in [6.45, 7) is 5.64. The lowest BCUT2D eigenvalue weighted by atomic mass is 10.1. The van der Waals surface area contributed by atoms with E-state index >= 15 is 0 Å². The van der Waals surface area contributed by atoms with Crippen LogP contribution in [-0.2, 0) is 10.0 Å². The van der Waals surface area contributed by atoms with Gasteiger partial charge in [-0.1, -0.05) is 12.1 Å². The molecule has 1 heterocycles. The maximum absolute atomic E-state index is 13.9. The molecular formula is C18H20F2N2O2S. The zero-order valence-electron chi connectivity index (χ0n) is 14.2. The summed E-state index contributed by atoms with van der Waals surface area (Å²) in [5.74, 6) is -1.85. The standard InChI is InChI=1S/C18H20F2N2O2S/c1-13-4-3-5-17(14(13)2)21-8-10-22(11-9-21)25(23,24)18-7-6-15(19)12-16(18)20/h3-7,12H,8-11H2,1-2H3. The molecule has 2 aromatic rings. The lowest BCUT2D eigenvalue weighted by Crippen LogP contribution is -2.49. The van der Waals surface area contributed by atoms with E-state index in [1.54, 1.807) is 0 Å². The number of piperazine rings is 1. The molecule has 1 fully saturated rings. The minimum absolute atomic E-state index is 0.256. The van der Waals surface area contributed by atoms with Gasteiger partial charge in [-0.05, 0) is 43.2 Å². The van der Waals surface area contributed by atoms with Crippen molar-refractivity contribution >= 4 is 15.7 Å². The summed E-state index contributed by atoms with van der Waals surface area (Å²) in [5.41, 5.74) is 3.44. The fraction of sp³-hybridized carbons (Fsp3) is 0.333. The second-order valence-electron chi connectivity index (χ2n) is 6.18. The Labute approximate surface area is 146 Å². The molecule has 0 saturated carbocycles. The fourth-order valence-corrected chi connectivity index (χ4v) is 4.54. The molecule has 0 unspecified atom stereocenters. The smallest absolute Gasteiger partial charge is 0.246 e. The van der Waals surface area contributed by atoms with Crippen molar-refractivity contribution in [3.8, 4) is 0 Å². The molecule has 7 heteroatoms. The van der Waals surface area contributed by atoms with E-state index in [2.05, 4.69) is 4.90 Å². The van der Waals surface area contributed by atoms with Crippen molar-refractivity contribution in [1.82, 2.24) is 4.31 Å². The number of rotatable bonds is 3. The molecule has 1 saturated heterocycles. The van der Waals surface area contributed by atoms with Gasteiger partial charge < -0.3 is 4.90 Å². The third kappa shape index (κ3) is 3.39. The molecule has 1 aliphatic rings. The van der Waals surface area contributed by atoms with Crippen LogP contribution >= 0.6 is 0 Å². The van der Waals surface area contributed by atoms with Crippen molar-refractivity contribution in [2.75, 3.05) is 31.1 Å². The van der Waals surface area contributed by atoms with Gasteiger partial charge in [0.25, 0.3) is 0 Å². The molecule has 3 rings (SSSR count). The van der Waals surface area contributed by atoms with E-state index in [1.807, 2.05) is 32.0 Å². The lowest BCUT2D eigenvalue weighted by molar-refractivity contribution is 0.382. The van der Waals surface area contributed by atoms with Crippen molar-refractivity contribution in [1.29, 1.82) is 0 Å². The molecule has 25 heavy (non-hydrogen) atoms. The van der Waals surface area contributed by atoms with Crippen LogP contribution in [0.1, 0.15) is 11.1 Å². The highest BCUT2D eigenvalue weighted by Crippen LogP contribution is 2.26. The van der Waals surface area contributed by atoms with Crippen LogP contribution in [0.4, 0.5) is 14.5 Å². The third-order valence-electron chi connectivity index (χ3n) is 4.67. The van der Waals surface area contributed by atoms with Gasteiger partial charge in [-0.15, -0.1) is 0 Å². The summed E-state index contributed by atoms with van der Waals surface area (Å²) in [4.78, 5) is 1.66. The molecular weight excluding hydrogens is 346 g/mol. The van der Waals surface area contributed by atoms with Gasteiger partial charge in [-0.3, -0.25) is 0 Å². The highest BCUT2D eigenvalue weighted by Gasteiger charge is 2.31. The molecule has 0 aliphatic carbocycles. The molecule has 134 valence electrons. The summed E-state index contributed by atoms with van der Waals surface area (Å²) < 4.78 is 53.4. The van der Waals surface area contributed by atoms with E-state index in [4.69, 9.17) is 0 Å². The number of sulfonamides is 1. The van der Waals surface area contributed by atoms with Gasteiger partial charge in [0.05, 0.1) is 0 Å². The number of nitrogens with zero attached hydrogens (tertiary/aromatic N) is 2. The number of halogens is 2. The molecule has 1 aliphatic heterocycles. The second-order valence-corrected chi connectivity index (χ2v) is 8.09. The van der Waals surface area contributed by atoms with E-state index in [1.165, 1.54) is 15.4 Å². The molecule has 0 aromatic heterocycles. The maximum atomic E-state index is 13.9. The van der Waals surface area contributed by atoms with E-state index in [0.717, 1.165) is 17.8 Å². The minimum Gasteiger partial charge on any atom is -0.369 e. The fourth-order valence-electron chi connectivity index (χ4n) is 3.07. The Morgan fingerprint density at radius 3 is 2.28 bits per heavy atom. The van der Waals surface area contributed by atoms with Gasteiger partial charge in [0.2, 0.25) is 10.0 Å². The zero-order valence-corrected chi connectivity index (χ0v) is 15.0. The molecule has 0 N–H and O–H groups in total. The van der Waals surface area contributed by atoms with E-state index in [0.29, 0.717) is 19.2 Å². The van der Waals surface area contributed by atoms with Gasteiger partial charge in [0, 0.05) is 37.9 Å². The first-order chi connectivity index (χ1) is 11.8. The molecule has 4 nitrogen and oxygen atoms in total. The van der Waals surface area contributed by atoms with Crippen molar-refractivity contribution in [2.45, 2.75) is 18.7 Å². The number of aryl methyl sites for hydroxylation is 1. The van der Waals surface area contributed by atoms with Crippen LogP contribution in [0.5, 0.6) is 0 Å². The van der Waals surface area contributed by atoms with E-state index in [-0.39, 0.29) is 13.1 Å². The Morgan fingerprint density at radius 2 is 1.64 bits per heavy atom.